The highest BCUT2D eigenvalue weighted by molar-refractivity contribution is 5.85. The number of esters is 1. The van der Waals surface area contributed by atoms with E-state index in [1.54, 1.807) is 18.0 Å². The van der Waals surface area contributed by atoms with Gasteiger partial charge in [0, 0.05) is 36.0 Å². The van der Waals surface area contributed by atoms with Gasteiger partial charge >= 0.3 is 12.1 Å². The topological polar surface area (TPSA) is 156 Å². The molecule has 1 atom stereocenters. The lowest BCUT2D eigenvalue weighted by atomic mass is 9.89. The minimum atomic E-state index is -0.946. The van der Waals surface area contributed by atoms with E-state index in [9.17, 15) is 14.4 Å². The summed E-state index contributed by atoms with van der Waals surface area (Å²) in [5, 5.41) is 12.7. The summed E-state index contributed by atoms with van der Waals surface area (Å²) in [5.41, 5.74) is 4.18. The number of H-pyrrole nitrogens is 2. The molecule has 1 saturated heterocycles. The van der Waals surface area contributed by atoms with Crippen LogP contribution in [0, 0.1) is 6.92 Å². The van der Waals surface area contributed by atoms with E-state index < -0.39 is 18.2 Å². The lowest BCUT2D eigenvalue weighted by molar-refractivity contribution is 0.0415. The summed E-state index contributed by atoms with van der Waals surface area (Å²) in [5.74, 6) is -0.949. The fraction of sp³-hybridized carbons (Fsp3) is 0.333. The second-order valence-corrected chi connectivity index (χ2v) is 10.4. The van der Waals surface area contributed by atoms with Gasteiger partial charge in [-0.25, -0.2) is 9.59 Å². The maximum atomic E-state index is 13.4. The summed E-state index contributed by atoms with van der Waals surface area (Å²) in [6.45, 7) is 4.63. The van der Waals surface area contributed by atoms with Crippen molar-refractivity contribution in [1.29, 1.82) is 0 Å². The van der Waals surface area contributed by atoms with Gasteiger partial charge in [-0.05, 0) is 72.5 Å². The third-order valence-electron chi connectivity index (χ3n) is 7.62. The monoisotopic (exact) mass is 570 g/mol. The van der Waals surface area contributed by atoms with Crippen molar-refractivity contribution >= 4 is 33.9 Å². The second-order valence-electron chi connectivity index (χ2n) is 10.4. The van der Waals surface area contributed by atoms with E-state index in [-0.39, 0.29) is 36.2 Å². The molecule has 42 heavy (non-hydrogen) atoms. The molecule has 0 unspecified atom stereocenters. The van der Waals surface area contributed by atoms with Crippen LogP contribution >= 0.6 is 0 Å². The molecule has 1 fully saturated rings. The minimum absolute atomic E-state index is 0.00562. The van der Waals surface area contributed by atoms with Crippen molar-refractivity contribution < 1.29 is 23.6 Å². The van der Waals surface area contributed by atoms with Gasteiger partial charge in [0.2, 0.25) is 0 Å². The highest BCUT2D eigenvalue weighted by Gasteiger charge is 2.31. The Morgan fingerprint density at radius 1 is 1.14 bits per heavy atom. The molecule has 4 heterocycles. The molecule has 2 N–H and O–H groups in total. The first-order chi connectivity index (χ1) is 20.4. The molecule has 0 spiro atoms. The zero-order valence-electron chi connectivity index (χ0n) is 23.3. The average Bonchev–Trinajstić information content (AvgIpc) is 3.68. The van der Waals surface area contributed by atoms with Crippen molar-refractivity contribution in [2.24, 2.45) is 0 Å². The van der Waals surface area contributed by atoms with Crippen LogP contribution in [-0.4, -0.2) is 62.0 Å². The number of hydrogen-bond donors (Lipinski definition) is 2. The van der Waals surface area contributed by atoms with Crippen LogP contribution in [0.3, 0.4) is 0 Å². The number of carbonyl (C=O) groups is 2. The Morgan fingerprint density at radius 3 is 2.76 bits per heavy atom. The van der Waals surface area contributed by atoms with Gasteiger partial charge in [-0.1, -0.05) is 24.3 Å². The number of aromatic nitrogens is 5. The summed E-state index contributed by atoms with van der Waals surface area (Å²) in [7, 11) is 0. The number of hydrogen-bond acceptors (Lipinski definition) is 9. The van der Waals surface area contributed by atoms with Gasteiger partial charge in [0.1, 0.15) is 0 Å². The molecule has 3 aromatic heterocycles. The van der Waals surface area contributed by atoms with E-state index in [1.165, 1.54) is 0 Å². The van der Waals surface area contributed by atoms with Crippen molar-refractivity contribution in [2.75, 3.05) is 19.7 Å². The van der Waals surface area contributed by atoms with Crippen LogP contribution in [0.5, 0.6) is 0 Å². The molecule has 5 aromatic rings. The van der Waals surface area contributed by atoms with Crippen LogP contribution in [0.1, 0.15) is 65.0 Å². The van der Waals surface area contributed by atoms with E-state index in [4.69, 9.17) is 14.0 Å². The maximum absolute atomic E-state index is 13.4. The van der Waals surface area contributed by atoms with Gasteiger partial charge in [-0.2, -0.15) is 10.1 Å². The van der Waals surface area contributed by atoms with Crippen molar-refractivity contribution in [2.45, 2.75) is 45.1 Å². The van der Waals surface area contributed by atoms with E-state index in [0.717, 1.165) is 38.5 Å². The van der Waals surface area contributed by atoms with Crippen molar-refractivity contribution in [1.82, 2.24) is 30.2 Å². The fourth-order valence-corrected chi connectivity index (χ4v) is 5.51. The van der Waals surface area contributed by atoms with Gasteiger partial charge in [-0.15, -0.1) is 0 Å². The smallest absolute Gasteiger partial charge is 0.410 e. The Balaban J connectivity index is 1.19. The molecule has 1 aliphatic heterocycles. The predicted molar refractivity (Wildman–Crippen MR) is 152 cm³/mol. The molecule has 216 valence electrons. The number of pyridine rings is 1. The van der Waals surface area contributed by atoms with Crippen LogP contribution in [0.15, 0.2) is 58.0 Å². The zero-order chi connectivity index (χ0) is 29.2. The molecule has 0 saturated carbocycles. The summed E-state index contributed by atoms with van der Waals surface area (Å²) in [6.07, 6.45) is 1.71. The number of benzene rings is 2. The predicted octanol–water partition coefficient (Wildman–Crippen LogP) is 4.57. The van der Waals surface area contributed by atoms with Crippen LogP contribution in [0.25, 0.3) is 21.8 Å². The van der Waals surface area contributed by atoms with Gasteiger partial charge in [0.25, 0.3) is 17.3 Å². The number of nitrogens with zero attached hydrogens (tertiary/aromatic N) is 4. The van der Waals surface area contributed by atoms with Crippen LogP contribution < -0.4 is 5.56 Å². The number of aromatic amines is 2. The lowest BCUT2D eigenvalue weighted by Crippen LogP contribution is -2.39. The Bertz CT molecular complexity index is 1820. The molecule has 0 radical (unpaired) electrons. The number of fused-ring (bicyclic) bond motifs is 2. The highest BCUT2D eigenvalue weighted by Crippen LogP contribution is 2.30. The highest BCUT2D eigenvalue weighted by atomic mass is 16.6. The molecule has 6 rings (SSSR count). The van der Waals surface area contributed by atoms with Crippen LogP contribution in [0.2, 0.25) is 0 Å². The number of aryl methyl sites for hydroxylation is 1. The molecule has 0 bridgehead atoms. The normalized spacial score (nSPS) is 14.8. The van der Waals surface area contributed by atoms with Gasteiger partial charge in [0.15, 0.2) is 6.10 Å². The number of likely N-dealkylation sites (tertiary alicyclic amines) is 1. The summed E-state index contributed by atoms with van der Waals surface area (Å²) < 4.78 is 16.3. The fourth-order valence-electron chi connectivity index (χ4n) is 5.51. The molecule has 1 aliphatic rings. The van der Waals surface area contributed by atoms with Crippen molar-refractivity contribution in [3.05, 3.63) is 87.4 Å². The SMILES string of the molecule is CCOC(=O)c1noc([C@@H](Cc2cc(C)c3[nH]ncc3c2)OC(=O)N2CCC(c3cc4ccccc4[nH]c3=O)CC2)n1. The first-order valence-electron chi connectivity index (χ1n) is 13.9. The van der Waals surface area contributed by atoms with Crippen molar-refractivity contribution in [3.8, 4) is 0 Å². The van der Waals surface area contributed by atoms with Gasteiger partial charge < -0.3 is 23.9 Å². The van der Waals surface area contributed by atoms with E-state index in [0.29, 0.717) is 25.9 Å². The molecule has 1 amide bonds. The largest absolute Gasteiger partial charge is 0.460 e. The maximum Gasteiger partial charge on any atom is 0.410 e. The number of rotatable bonds is 7. The Labute approximate surface area is 240 Å². The van der Waals surface area contributed by atoms with Crippen LogP contribution in [0.4, 0.5) is 4.79 Å². The number of amides is 1. The summed E-state index contributed by atoms with van der Waals surface area (Å²) >= 11 is 0. The van der Waals surface area contributed by atoms with E-state index >= 15 is 0 Å². The first kappa shape index (κ1) is 27.2. The number of carbonyl (C=O) groups excluding carboxylic acids is 2. The summed E-state index contributed by atoms with van der Waals surface area (Å²) in [4.78, 5) is 47.1. The average molecular weight is 571 g/mol. The second kappa shape index (κ2) is 11.5. The van der Waals surface area contributed by atoms with Gasteiger partial charge in [0.05, 0.1) is 18.3 Å². The summed E-state index contributed by atoms with van der Waals surface area (Å²) in [6, 6.07) is 13.5. The Morgan fingerprint density at radius 2 is 1.95 bits per heavy atom. The van der Waals surface area contributed by atoms with E-state index in [2.05, 4.69) is 25.3 Å². The third kappa shape index (κ3) is 5.47. The standard InChI is InChI=1S/C30H30N6O6/c1-3-40-29(38)26-33-28(42-35-26)24(14-18-12-17(2)25-21(13-18)16-31-34-25)41-30(39)36-10-8-19(9-11-36)22-15-20-6-4-5-7-23(20)32-27(22)37/h4-7,12-13,15-16,19,24H,3,8-11,14H2,1-2H3,(H,31,34)(H,32,37)/t24-/m1/s1. The third-order valence-corrected chi connectivity index (χ3v) is 7.62. The zero-order valence-corrected chi connectivity index (χ0v) is 23.3. The van der Waals surface area contributed by atoms with E-state index in [1.807, 2.05) is 49.4 Å². The Kier molecular flexibility index (Phi) is 7.43. The number of para-hydroxylation sites is 1. The van der Waals surface area contributed by atoms with Crippen molar-refractivity contribution in [3.63, 3.8) is 0 Å². The number of nitrogens with one attached hydrogen (secondary N) is 2. The quantitative estimate of drug-likeness (QED) is 0.268. The van der Waals surface area contributed by atoms with Crippen LogP contribution in [-0.2, 0) is 15.9 Å². The van der Waals surface area contributed by atoms with Gasteiger partial charge in [-0.3, -0.25) is 9.89 Å². The Hall–Kier alpha value is -5.00. The molecule has 2 aromatic carbocycles. The molecular weight excluding hydrogens is 540 g/mol. The molecule has 0 aliphatic carbocycles. The molecular formula is C30H30N6O6. The lowest BCUT2D eigenvalue weighted by Gasteiger charge is -2.32. The minimum Gasteiger partial charge on any atom is -0.460 e. The first-order valence-corrected chi connectivity index (χ1v) is 13.9. The number of piperidine rings is 1. The number of ether oxygens (including phenoxy) is 2. The molecule has 12 nitrogen and oxygen atoms in total. The molecule has 12 heteroatoms.